The van der Waals surface area contributed by atoms with E-state index in [-0.39, 0.29) is 0 Å². The van der Waals surface area contributed by atoms with Crippen LogP contribution in [0.5, 0.6) is 0 Å². The first-order chi connectivity index (χ1) is 5.38. The Labute approximate surface area is 65.7 Å². The van der Waals surface area contributed by atoms with Crippen molar-refractivity contribution in [3.8, 4) is 0 Å². The Kier molecular flexibility index (Phi) is 2.89. The van der Waals surface area contributed by atoms with Crippen molar-refractivity contribution in [3.63, 3.8) is 0 Å². The summed E-state index contributed by atoms with van der Waals surface area (Å²) >= 11 is 0. The van der Waals surface area contributed by atoms with Crippen LogP contribution in [0.1, 0.15) is 6.42 Å². The van der Waals surface area contributed by atoms with Gasteiger partial charge in [-0.05, 0) is 0 Å². The molecule has 0 amide bonds. The molecule has 0 aromatic rings. The average Bonchev–Trinajstić information content (AvgIpc) is 2.09. The highest BCUT2D eigenvalue weighted by Gasteiger charge is 2.15. The average molecular weight is 160 g/mol. The normalized spacial score (nSPS) is 16.4. The largest absolute Gasteiger partial charge is 0.464 e. The molecule has 0 bridgehead atoms. The molecular formula is C7H12O4. The van der Waals surface area contributed by atoms with Gasteiger partial charge in [-0.25, -0.2) is 0 Å². The lowest BCUT2D eigenvalue weighted by molar-refractivity contribution is -0.0559. The van der Waals surface area contributed by atoms with Gasteiger partial charge in [0, 0.05) is 6.42 Å². The van der Waals surface area contributed by atoms with Crippen LogP contribution in [0.25, 0.3) is 0 Å². The van der Waals surface area contributed by atoms with Crippen LogP contribution in [0.2, 0.25) is 0 Å². The van der Waals surface area contributed by atoms with Gasteiger partial charge in [-0.3, -0.25) is 0 Å². The second-order valence-corrected chi connectivity index (χ2v) is 2.03. The summed E-state index contributed by atoms with van der Waals surface area (Å²) in [4.78, 5) is 0. The second-order valence-electron chi connectivity index (χ2n) is 2.03. The highest BCUT2D eigenvalue weighted by molar-refractivity contribution is 4.86. The molecule has 4 heteroatoms. The molecule has 1 aliphatic rings. The van der Waals surface area contributed by atoms with E-state index in [2.05, 4.69) is 0 Å². The van der Waals surface area contributed by atoms with Crippen molar-refractivity contribution < 1.29 is 18.9 Å². The molecule has 0 atom stereocenters. The van der Waals surface area contributed by atoms with Gasteiger partial charge in [0.25, 0.3) is 0 Å². The van der Waals surface area contributed by atoms with Crippen LogP contribution >= 0.6 is 0 Å². The third-order valence-corrected chi connectivity index (χ3v) is 1.29. The molecule has 0 aliphatic carbocycles. The summed E-state index contributed by atoms with van der Waals surface area (Å²) in [6, 6.07) is 0. The zero-order chi connectivity index (χ0) is 8.10. The van der Waals surface area contributed by atoms with E-state index in [0.717, 1.165) is 6.42 Å². The first-order valence-corrected chi connectivity index (χ1v) is 3.46. The molecule has 0 aromatic carbocycles. The topological polar surface area (TPSA) is 36.9 Å². The van der Waals surface area contributed by atoms with Crippen molar-refractivity contribution in [1.82, 2.24) is 0 Å². The number of methoxy groups -OCH3 is 2. The Morgan fingerprint density at radius 3 is 2.18 bits per heavy atom. The van der Waals surface area contributed by atoms with Crippen molar-refractivity contribution in [2.75, 3.05) is 27.4 Å². The molecule has 0 radical (unpaired) electrons. The smallest absolute Gasteiger partial charge is 0.364 e. The fourth-order valence-corrected chi connectivity index (χ4v) is 0.798. The maximum atomic E-state index is 5.13. The van der Waals surface area contributed by atoms with E-state index in [1.165, 1.54) is 14.2 Å². The van der Waals surface area contributed by atoms with E-state index in [9.17, 15) is 0 Å². The van der Waals surface area contributed by atoms with Gasteiger partial charge in [0.05, 0.1) is 27.4 Å². The molecule has 0 spiro atoms. The molecule has 1 heterocycles. The minimum Gasteiger partial charge on any atom is -0.464 e. The van der Waals surface area contributed by atoms with Crippen molar-refractivity contribution in [2.24, 2.45) is 0 Å². The Balaban J connectivity index is 2.57. The molecule has 1 fully saturated rings. The summed E-state index contributed by atoms with van der Waals surface area (Å²) in [5.74, 6) is 0.644. The number of hydrogen-bond donors (Lipinski definition) is 0. The number of hydrogen-bond acceptors (Lipinski definition) is 4. The van der Waals surface area contributed by atoms with Crippen LogP contribution in [0.4, 0.5) is 0 Å². The fourth-order valence-electron chi connectivity index (χ4n) is 0.798. The quantitative estimate of drug-likeness (QED) is 0.561. The summed E-state index contributed by atoms with van der Waals surface area (Å²) < 4.78 is 20.0. The molecule has 0 aromatic heterocycles. The Hall–Kier alpha value is -1.06. The Morgan fingerprint density at radius 2 is 1.73 bits per heavy atom. The molecule has 1 rings (SSSR count). The Bertz CT molecular complexity index is 139. The van der Waals surface area contributed by atoms with E-state index in [1.54, 1.807) is 0 Å². The van der Waals surface area contributed by atoms with E-state index >= 15 is 0 Å². The van der Waals surface area contributed by atoms with Gasteiger partial charge < -0.3 is 18.9 Å². The van der Waals surface area contributed by atoms with Crippen molar-refractivity contribution in [1.29, 1.82) is 0 Å². The standard InChI is InChI=1S/C7H12O4/c1-8-6(9-2)7-10-4-3-5-11-7/h3-5H2,1-2H3. The number of rotatable bonds is 2. The summed E-state index contributed by atoms with van der Waals surface area (Å²) in [5.41, 5.74) is 0. The van der Waals surface area contributed by atoms with Crippen LogP contribution in [0.15, 0.2) is 11.9 Å². The van der Waals surface area contributed by atoms with Crippen LogP contribution in [0, 0.1) is 0 Å². The van der Waals surface area contributed by atoms with Crippen molar-refractivity contribution in [3.05, 3.63) is 11.9 Å². The van der Waals surface area contributed by atoms with Gasteiger partial charge in [0.1, 0.15) is 0 Å². The molecule has 64 valence electrons. The molecule has 1 saturated heterocycles. The molecule has 1 aliphatic heterocycles. The van der Waals surface area contributed by atoms with Gasteiger partial charge in [0.15, 0.2) is 0 Å². The molecule has 0 N–H and O–H groups in total. The van der Waals surface area contributed by atoms with Crippen LogP contribution in [0.3, 0.4) is 0 Å². The number of ether oxygens (including phenoxy) is 4. The van der Waals surface area contributed by atoms with Gasteiger partial charge in [-0.15, -0.1) is 0 Å². The second kappa shape index (κ2) is 3.95. The van der Waals surface area contributed by atoms with E-state index in [1.807, 2.05) is 0 Å². The lowest BCUT2D eigenvalue weighted by Crippen LogP contribution is -2.13. The van der Waals surface area contributed by atoms with Crippen LogP contribution in [-0.4, -0.2) is 27.4 Å². The van der Waals surface area contributed by atoms with Crippen LogP contribution in [-0.2, 0) is 18.9 Å². The highest BCUT2D eigenvalue weighted by Crippen LogP contribution is 2.14. The first-order valence-electron chi connectivity index (χ1n) is 3.46. The maximum Gasteiger partial charge on any atom is 0.364 e. The van der Waals surface area contributed by atoms with Crippen molar-refractivity contribution >= 4 is 0 Å². The minimum atomic E-state index is 0.296. The summed E-state index contributed by atoms with van der Waals surface area (Å²) in [5, 5.41) is 0. The third kappa shape index (κ3) is 1.93. The maximum absolute atomic E-state index is 5.13. The predicted octanol–water partition coefficient (Wildman–Crippen LogP) is 0.843. The molecular weight excluding hydrogens is 148 g/mol. The lowest BCUT2D eigenvalue weighted by atomic mass is 10.5. The SMILES string of the molecule is COC(OC)=C1OCCCO1. The van der Waals surface area contributed by atoms with Gasteiger partial charge in [-0.1, -0.05) is 0 Å². The summed E-state index contributed by atoms with van der Waals surface area (Å²) in [6.07, 6.45) is 0.907. The lowest BCUT2D eigenvalue weighted by Gasteiger charge is -2.18. The molecule has 0 saturated carbocycles. The van der Waals surface area contributed by atoms with E-state index in [0.29, 0.717) is 25.1 Å². The van der Waals surface area contributed by atoms with Gasteiger partial charge in [0.2, 0.25) is 0 Å². The fraction of sp³-hybridized carbons (Fsp3) is 0.714. The van der Waals surface area contributed by atoms with Crippen molar-refractivity contribution in [2.45, 2.75) is 6.42 Å². The van der Waals surface area contributed by atoms with Crippen LogP contribution < -0.4 is 0 Å². The Morgan fingerprint density at radius 1 is 1.18 bits per heavy atom. The summed E-state index contributed by atoms with van der Waals surface area (Å²) in [7, 11) is 3.01. The zero-order valence-electron chi connectivity index (χ0n) is 6.75. The highest BCUT2D eigenvalue weighted by atomic mass is 16.7. The predicted molar refractivity (Wildman–Crippen MR) is 37.6 cm³/mol. The third-order valence-electron chi connectivity index (χ3n) is 1.29. The van der Waals surface area contributed by atoms with E-state index < -0.39 is 0 Å². The monoisotopic (exact) mass is 160 g/mol. The summed E-state index contributed by atoms with van der Waals surface area (Å²) in [6.45, 7) is 1.32. The van der Waals surface area contributed by atoms with Gasteiger partial charge in [-0.2, -0.15) is 0 Å². The molecule has 4 nitrogen and oxygen atoms in total. The first kappa shape index (κ1) is 8.04. The van der Waals surface area contributed by atoms with E-state index in [4.69, 9.17) is 18.9 Å². The van der Waals surface area contributed by atoms with Gasteiger partial charge >= 0.3 is 11.9 Å². The molecule has 11 heavy (non-hydrogen) atoms. The minimum absolute atomic E-state index is 0.296. The molecule has 0 unspecified atom stereocenters. The zero-order valence-corrected chi connectivity index (χ0v) is 6.75.